The molecule has 4 heterocycles. The Bertz CT molecular complexity index is 4060. The van der Waals surface area contributed by atoms with E-state index in [0.29, 0.717) is 28.6 Å². The van der Waals surface area contributed by atoms with Gasteiger partial charge in [0.1, 0.15) is 11.7 Å². The quantitative estimate of drug-likeness (QED) is 0.167. The number of fused-ring (bicyclic) bond motifs is 10. The third-order valence-electron chi connectivity index (χ3n) is 12.6. The van der Waals surface area contributed by atoms with Gasteiger partial charge >= 0.3 is 0 Å². The summed E-state index contributed by atoms with van der Waals surface area (Å²) in [5.41, 5.74) is 12.7. The first-order valence-corrected chi connectivity index (χ1v) is 21.6. The van der Waals surface area contributed by atoms with E-state index in [1.807, 2.05) is 78.9 Å². The van der Waals surface area contributed by atoms with Crippen molar-refractivity contribution in [2.45, 2.75) is 0 Å². The second kappa shape index (κ2) is 14.5. The molecule has 0 aliphatic heterocycles. The smallest absolute Gasteiger partial charge is 0.164 e. The Morgan fingerprint density at radius 3 is 1.68 bits per heavy atom. The molecule has 9 aromatic carbocycles. The van der Waals surface area contributed by atoms with Gasteiger partial charge in [-0.15, -0.1) is 0 Å². The van der Waals surface area contributed by atoms with Crippen LogP contribution in [0.3, 0.4) is 0 Å². The lowest BCUT2D eigenvalue weighted by molar-refractivity contribution is 0.666. The largest absolute Gasteiger partial charge is 0.454 e. The molecule has 302 valence electrons. The molecular weight excluding hydrogens is 797 g/mol. The highest BCUT2D eigenvalue weighted by molar-refractivity contribution is 6.26. The summed E-state index contributed by atoms with van der Waals surface area (Å²) >= 11 is 0. The average Bonchev–Trinajstić information content (AvgIpc) is 4.04. The van der Waals surface area contributed by atoms with E-state index in [0.717, 1.165) is 99.2 Å². The summed E-state index contributed by atoms with van der Waals surface area (Å²) in [6.45, 7) is 0. The van der Waals surface area contributed by atoms with Gasteiger partial charge in [-0.25, -0.2) is 15.0 Å². The molecule has 7 heteroatoms. The molecule has 0 fully saturated rings. The first kappa shape index (κ1) is 36.5. The van der Waals surface area contributed by atoms with E-state index in [2.05, 4.69) is 143 Å². The molecule has 0 amide bonds. The van der Waals surface area contributed by atoms with Gasteiger partial charge in [0.2, 0.25) is 0 Å². The van der Waals surface area contributed by atoms with Crippen LogP contribution in [0.5, 0.6) is 0 Å². The first-order valence-electron chi connectivity index (χ1n) is 21.6. The minimum atomic E-state index is 0.483. The van der Waals surface area contributed by atoms with E-state index < -0.39 is 0 Å². The van der Waals surface area contributed by atoms with Gasteiger partial charge in [0.25, 0.3) is 0 Å². The summed E-state index contributed by atoms with van der Waals surface area (Å²) < 4.78 is 11.2. The number of nitrogens with zero attached hydrogens (tertiary/aromatic N) is 6. The molecule has 0 bridgehead atoms. The number of hydrogen-bond donors (Lipinski definition) is 0. The van der Waals surface area contributed by atoms with Crippen LogP contribution >= 0.6 is 0 Å². The lowest BCUT2D eigenvalue weighted by Gasteiger charge is -2.13. The maximum atomic E-state index is 11.1. The fourth-order valence-corrected chi connectivity index (χ4v) is 9.68. The van der Waals surface area contributed by atoms with Gasteiger partial charge in [0.05, 0.1) is 39.0 Å². The number of aromatic nitrogens is 5. The fourth-order valence-electron chi connectivity index (χ4n) is 9.68. The summed E-state index contributed by atoms with van der Waals surface area (Å²) in [4.78, 5) is 15.1. The molecule has 0 aliphatic carbocycles. The van der Waals surface area contributed by atoms with E-state index in [4.69, 9.17) is 19.4 Å². The molecule has 0 spiro atoms. The van der Waals surface area contributed by atoms with Gasteiger partial charge in [-0.2, -0.15) is 5.26 Å². The Balaban J connectivity index is 1.02. The van der Waals surface area contributed by atoms with Crippen LogP contribution in [0.4, 0.5) is 0 Å². The number of rotatable bonds is 6. The lowest BCUT2D eigenvalue weighted by Crippen LogP contribution is -2.02. The van der Waals surface area contributed by atoms with E-state index in [1.165, 1.54) is 0 Å². The monoisotopic (exact) mass is 830 g/mol. The van der Waals surface area contributed by atoms with E-state index >= 15 is 0 Å². The summed E-state index contributed by atoms with van der Waals surface area (Å²) in [6, 6.07) is 73.1. The van der Waals surface area contributed by atoms with Crippen molar-refractivity contribution in [3.8, 4) is 62.7 Å². The van der Waals surface area contributed by atoms with Crippen LogP contribution in [-0.4, -0.2) is 24.1 Å². The van der Waals surface area contributed by atoms with Crippen molar-refractivity contribution in [1.82, 2.24) is 24.1 Å². The van der Waals surface area contributed by atoms with Crippen molar-refractivity contribution < 1.29 is 4.42 Å². The normalized spacial score (nSPS) is 11.7. The molecule has 0 aliphatic rings. The molecule has 0 radical (unpaired) electrons. The highest BCUT2D eigenvalue weighted by atomic mass is 16.3. The molecule has 0 saturated carbocycles. The van der Waals surface area contributed by atoms with Crippen molar-refractivity contribution >= 4 is 65.6 Å². The standard InChI is InChI=1S/C58H34N6O/c59-35-41-34-40(58-61-56(38-16-5-2-6-17-38)60-57(62-58)39-28-26-37(27-29-39)36-14-3-1-4-15-36)30-32-47(41)64-48-22-10-7-18-42(48)44-31-33-50-53(54(44)64)46-20-8-11-23-49(46)63(50)51-24-13-21-45-43-19-9-12-25-52(43)65-55(45)51/h1-34H. The van der Waals surface area contributed by atoms with Gasteiger partial charge in [0, 0.05) is 49.0 Å². The Morgan fingerprint density at radius 1 is 0.385 bits per heavy atom. The first-order chi connectivity index (χ1) is 32.2. The highest BCUT2D eigenvalue weighted by Crippen LogP contribution is 2.44. The molecule has 65 heavy (non-hydrogen) atoms. The summed E-state index contributed by atoms with van der Waals surface area (Å²) in [6.07, 6.45) is 0. The average molecular weight is 831 g/mol. The molecule has 0 unspecified atom stereocenters. The van der Waals surface area contributed by atoms with Crippen LogP contribution in [0, 0.1) is 11.3 Å². The van der Waals surface area contributed by atoms with Crippen molar-refractivity contribution in [3.05, 3.63) is 212 Å². The highest BCUT2D eigenvalue weighted by Gasteiger charge is 2.24. The zero-order chi connectivity index (χ0) is 43.0. The number of hydrogen-bond acceptors (Lipinski definition) is 5. The number of furan rings is 1. The van der Waals surface area contributed by atoms with Crippen molar-refractivity contribution in [2.24, 2.45) is 0 Å². The third kappa shape index (κ3) is 5.71. The van der Waals surface area contributed by atoms with E-state index in [-0.39, 0.29) is 0 Å². The van der Waals surface area contributed by atoms with E-state index in [1.54, 1.807) is 0 Å². The minimum Gasteiger partial charge on any atom is -0.454 e. The topological polar surface area (TPSA) is 85.5 Å². The lowest BCUT2D eigenvalue weighted by atomic mass is 10.0. The number of nitriles is 1. The molecule has 13 aromatic rings. The second-order valence-electron chi connectivity index (χ2n) is 16.3. The van der Waals surface area contributed by atoms with Gasteiger partial charge < -0.3 is 13.6 Å². The third-order valence-corrected chi connectivity index (χ3v) is 12.6. The van der Waals surface area contributed by atoms with Crippen molar-refractivity contribution in [3.63, 3.8) is 0 Å². The van der Waals surface area contributed by atoms with Gasteiger partial charge in [-0.3, -0.25) is 0 Å². The van der Waals surface area contributed by atoms with E-state index in [9.17, 15) is 5.26 Å². The summed E-state index contributed by atoms with van der Waals surface area (Å²) in [7, 11) is 0. The minimum absolute atomic E-state index is 0.483. The fraction of sp³-hybridized carbons (Fsp3) is 0. The van der Waals surface area contributed by atoms with Crippen LogP contribution in [-0.2, 0) is 0 Å². The Hall–Kier alpha value is -9.12. The molecule has 0 atom stereocenters. The predicted octanol–water partition coefficient (Wildman–Crippen LogP) is 14.5. The van der Waals surface area contributed by atoms with Crippen LogP contribution in [0.15, 0.2) is 211 Å². The molecule has 0 N–H and O–H groups in total. The molecule has 0 saturated heterocycles. The second-order valence-corrected chi connectivity index (χ2v) is 16.3. The maximum Gasteiger partial charge on any atom is 0.164 e. The van der Waals surface area contributed by atoms with Crippen LogP contribution in [0.2, 0.25) is 0 Å². The Kier molecular flexibility index (Phi) is 8.14. The van der Waals surface area contributed by atoms with Gasteiger partial charge in [-0.05, 0) is 59.7 Å². The van der Waals surface area contributed by atoms with Crippen LogP contribution in [0.25, 0.3) is 122 Å². The Labute approximate surface area is 372 Å². The van der Waals surface area contributed by atoms with Crippen molar-refractivity contribution in [2.75, 3.05) is 0 Å². The Morgan fingerprint density at radius 2 is 0.938 bits per heavy atom. The van der Waals surface area contributed by atoms with Crippen molar-refractivity contribution in [1.29, 1.82) is 5.26 Å². The SMILES string of the molecule is N#Cc1cc(-c2nc(-c3ccccc3)nc(-c3ccc(-c4ccccc4)cc3)n2)ccc1-n1c2ccccc2c2ccc3c(c4ccccc4n3-c3cccc4c3oc3ccccc34)c21. The molecule has 4 aromatic heterocycles. The predicted molar refractivity (Wildman–Crippen MR) is 262 cm³/mol. The maximum absolute atomic E-state index is 11.1. The molecule has 7 nitrogen and oxygen atoms in total. The summed E-state index contributed by atoms with van der Waals surface area (Å²) in [5, 5.41) is 17.6. The van der Waals surface area contributed by atoms with Crippen LogP contribution < -0.4 is 0 Å². The molecule has 13 rings (SSSR count). The summed E-state index contributed by atoms with van der Waals surface area (Å²) in [5.74, 6) is 1.59. The van der Waals surface area contributed by atoms with Gasteiger partial charge in [-0.1, -0.05) is 158 Å². The van der Waals surface area contributed by atoms with Gasteiger partial charge in [0.15, 0.2) is 23.1 Å². The zero-order valence-corrected chi connectivity index (χ0v) is 34.7. The zero-order valence-electron chi connectivity index (χ0n) is 34.7. The molecular formula is C58H34N6O. The number of para-hydroxylation sites is 4. The number of benzene rings is 9. The van der Waals surface area contributed by atoms with Crippen LogP contribution in [0.1, 0.15) is 5.56 Å².